The molecule has 1 N–H and O–H groups in total. The van der Waals surface area contributed by atoms with Gasteiger partial charge >= 0.3 is 0 Å². The third-order valence-corrected chi connectivity index (χ3v) is 4.49. The second kappa shape index (κ2) is 6.89. The number of carbonyl (C=O) groups is 1. The van der Waals surface area contributed by atoms with Gasteiger partial charge in [0.05, 0.1) is 10.6 Å². The lowest BCUT2D eigenvalue weighted by Gasteiger charge is -2.33. The molecule has 1 aromatic carbocycles. The van der Waals surface area contributed by atoms with Crippen LogP contribution in [0, 0.1) is 16.0 Å². The van der Waals surface area contributed by atoms with Crippen molar-refractivity contribution in [1.29, 1.82) is 0 Å². The minimum atomic E-state index is -0.399. The standard InChI is InChI=1S/C14H18BrN3O3/c1-16-14(19)8-10-4-6-17(7-5-10)13-3-2-11(18(20)21)9-12(13)15/h2-3,9-10H,4-8H2,1H3,(H,16,19). The molecule has 2 rings (SSSR count). The van der Waals surface area contributed by atoms with Gasteiger partial charge < -0.3 is 10.2 Å². The molecule has 0 radical (unpaired) electrons. The van der Waals surface area contributed by atoms with Crippen molar-refractivity contribution in [2.24, 2.45) is 5.92 Å². The van der Waals surface area contributed by atoms with Gasteiger partial charge in [-0.15, -0.1) is 0 Å². The number of nitrogens with one attached hydrogen (secondary N) is 1. The van der Waals surface area contributed by atoms with Gasteiger partial charge in [0.2, 0.25) is 5.91 Å². The average Bonchev–Trinajstić information content (AvgIpc) is 2.48. The molecule has 1 amide bonds. The van der Waals surface area contributed by atoms with E-state index in [1.165, 1.54) is 12.1 Å². The third kappa shape index (κ3) is 3.93. The Morgan fingerprint density at radius 1 is 1.48 bits per heavy atom. The first kappa shape index (κ1) is 15.8. The molecule has 0 aliphatic carbocycles. The summed E-state index contributed by atoms with van der Waals surface area (Å²) in [5.41, 5.74) is 1.05. The number of piperidine rings is 1. The summed E-state index contributed by atoms with van der Waals surface area (Å²) in [4.78, 5) is 23.9. The van der Waals surface area contributed by atoms with Crippen molar-refractivity contribution in [2.75, 3.05) is 25.0 Å². The van der Waals surface area contributed by atoms with Crippen LogP contribution in [0.3, 0.4) is 0 Å². The van der Waals surface area contributed by atoms with Crippen molar-refractivity contribution < 1.29 is 9.72 Å². The van der Waals surface area contributed by atoms with Crippen LogP contribution in [0.15, 0.2) is 22.7 Å². The lowest BCUT2D eigenvalue weighted by atomic mass is 9.93. The third-order valence-electron chi connectivity index (χ3n) is 3.85. The number of nitro groups is 1. The maximum Gasteiger partial charge on any atom is 0.270 e. The summed E-state index contributed by atoms with van der Waals surface area (Å²) in [5, 5.41) is 13.4. The maximum atomic E-state index is 11.4. The summed E-state index contributed by atoms with van der Waals surface area (Å²) in [5.74, 6) is 0.503. The van der Waals surface area contributed by atoms with Crippen LogP contribution in [0.2, 0.25) is 0 Å². The predicted octanol–water partition coefficient (Wildman–Crippen LogP) is 2.71. The van der Waals surface area contributed by atoms with Crippen molar-refractivity contribution >= 4 is 33.2 Å². The Bertz CT molecular complexity index is 542. The summed E-state index contributed by atoms with van der Waals surface area (Å²) < 4.78 is 0.737. The normalized spacial score (nSPS) is 15.8. The largest absolute Gasteiger partial charge is 0.371 e. The number of nitrogens with zero attached hydrogens (tertiary/aromatic N) is 2. The monoisotopic (exact) mass is 355 g/mol. The van der Waals surface area contributed by atoms with Gasteiger partial charge in [-0.25, -0.2) is 0 Å². The Morgan fingerprint density at radius 2 is 2.14 bits per heavy atom. The second-order valence-corrected chi connectivity index (χ2v) is 6.05. The molecule has 0 atom stereocenters. The Hall–Kier alpha value is -1.63. The number of amides is 1. The Kier molecular flexibility index (Phi) is 5.17. The van der Waals surface area contributed by atoms with Crippen LogP contribution in [0.1, 0.15) is 19.3 Å². The molecule has 0 bridgehead atoms. The number of rotatable bonds is 4. The molecule has 6 nitrogen and oxygen atoms in total. The predicted molar refractivity (Wildman–Crippen MR) is 84.4 cm³/mol. The SMILES string of the molecule is CNC(=O)CC1CCN(c2ccc([N+](=O)[O-])cc2Br)CC1. The number of carbonyl (C=O) groups excluding carboxylic acids is 1. The molecule has 21 heavy (non-hydrogen) atoms. The molecule has 0 spiro atoms. The van der Waals surface area contributed by atoms with Crippen LogP contribution in [0.4, 0.5) is 11.4 Å². The number of halogens is 1. The molecule has 1 fully saturated rings. The number of non-ortho nitro benzene ring substituents is 1. The van der Waals surface area contributed by atoms with Gasteiger partial charge in [-0.1, -0.05) is 0 Å². The molecule has 1 heterocycles. The quantitative estimate of drug-likeness (QED) is 0.665. The molecule has 1 aliphatic rings. The summed E-state index contributed by atoms with van der Waals surface area (Å²) >= 11 is 3.41. The van der Waals surface area contributed by atoms with E-state index in [0.29, 0.717) is 12.3 Å². The lowest BCUT2D eigenvalue weighted by molar-refractivity contribution is -0.384. The second-order valence-electron chi connectivity index (χ2n) is 5.20. The zero-order chi connectivity index (χ0) is 15.4. The molecule has 114 valence electrons. The average molecular weight is 356 g/mol. The first-order chi connectivity index (χ1) is 10.0. The number of hydrogen-bond donors (Lipinski definition) is 1. The van der Waals surface area contributed by atoms with Crippen molar-refractivity contribution in [2.45, 2.75) is 19.3 Å². The van der Waals surface area contributed by atoms with E-state index in [0.717, 1.165) is 36.1 Å². The highest BCUT2D eigenvalue weighted by atomic mass is 79.9. The Morgan fingerprint density at radius 3 is 2.67 bits per heavy atom. The van der Waals surface area contributed by atoms with Gasteiger partial charge in [0.1, 0.15) is 0 Å². The van der Waals surface area contributed by atoms with Gasteiger partial charge in [0.25, 0.3) is 5.69 Å². The van der Waals surface area contributed by atoms with E-state index in [4.69, 9.17) is 0 Å². The van der Waals surface area contributed by atoms with Crippen LogP contribution in [-0.4, -0.2) is 31.0 Å². The number of anilines is 1. The zero-order valence-corrected chi connectivity index (χ0v) is 13.4. The fourth-order valence-electron chi connectivity index (χ4n) is 2.61. The van der Waals surface area contributed by atoms with E-state index in [9.17, 15) is 14.9 Å². The van der Waals surface area contributed by atoms with E-state index in [2.05, 4.69) is 26.1 Å². The minimum absolute atomic E-state index is 0.0835. The molecule has 1 aromatic rings. The Balaban J connectivity index is 1.99. The smallest absolute Gasteiger partial charge is 0.270 e. The van der Waals surface area contributed by atoms with Gasteiger partial charge in [-0.05, 0) is 40.8 Å². The highest BCUT2D eigenvalue weighted by molar-refractivity contribution is 9.10. The summed E-state index contributed by atoms with van der Waals surface area (Å²) in [6.45, 7) is 1.72. The molecule has 7 heteroatoms. The fourth-order valence-corrected chi connectivity index (χ4v) is 3.23. The van der Waals surface area contributed by atoms with Crippen molar-refractivity contribution in [3.05, 3.63) is 32.8 Å². The van der Waals surface area contributed by atoms with Crippen LogP contribution < -0.4 is 10.2 Å². The summed E-state index contributed by atoms with van der Waals surface area (Å²) in [6.07, 6.45) is 2.49. The van der Waals surface area contributed by atoms with Crippen LogP contribution in [0.25, 0.3) is 0 Å². The van der Waals surface area contributed by atoms with Crippen molar-refractivity contribution in [3.63, 3.8) is 0 Å². The van der Waals surface area contributed by atoms with Crippen LogP contribution >= 0.6 is 15.9 Å². The number of hydrogen-bond acceptors (Lipinski definition) is 4. The van der Waals surface area contributed by atoms with Gasteiger partial charge in [-0.3, -0.25) is 14.9 Å². The lowest BCUT2D eigenvalue weighted by Crippen LogP contribution is -2.35. The fraction of sp³-hybridized carbons (Fsp3) is 0.500. The molecule has 0 unspecified atom stereocenters. The molecule has 0 aromatic heterocycles. The van der Waals surface area contributed by atoms with E-state index in [-0.39, 0.29) is 11.6 Å². The van der Waals surface area contributed by atoms with E-state index in [1.807, 2.05) is 0 Å². The van der Waals surface area contributed by atoms with Gasteiger partial charge in [-0.2, -0.15) is 0 Å². The molecular formula is C14H18BrN3O3. The first-order valence-electron chi connectivity index (χ1n) is 6.90. The highest BCUT2D eigenvalue weighted by Crippen LogP contribution is 2.33. The minimum Gasteiger partial charge on any atom is -0.371 e. The number of nitro benzene ring substituents is 1. The van der Waals surface area contributed by atoms with Crippen molar-refractivity contribution in [3.8, 4) is 0 Å². The highest BCUT2D eigenvalue weighted by Gasteiger charge is 2.23. The van der Waals surface area contributed by atoms with E-state index < -0.39 is 4.92 Å². The number of benzene rings is 1. The van der Waals surface area contributed by atoms with Crippen LogP contribution in [-0.2, 0) is 4.79 Å². The van der Waals surface area contributed by atoms with Crippen molar-refractivity contribution in [1.82, 2.24) is 5.32 Å². The van der Waals surface area contributed by atoms with E-state index in [1.54, 1.807) is 13.1 Å². The zero-order valence-electron chi connectivity index (χ0n) is 11.8. The molecule has 0 saturated carbocycles. The van der Waals surface area contributed by atoms with Gasteiger partial charge in [0.15, 0.2) is 0 Å². The maximum absolute atomic E-state index is 11.4. The summed E-state index contributed by atoms with van der Waals surface area (Å²) in [7, 11) is 1.66. The molecular weight excluding hydrogens is 338 g/mol. The van der Waals surface area contributed by atoms with Crippen LogP contribution in [0.5, 0.6) is 0 Å². The first-order valence-corrected chi connectivity index (χ1v) is 7.70. The molecule has 1 saturated heterocycles. The molecule has 1 aliphatic heterocycles. The summed E-state index contributed by atoms with van der Waals surface area (Å²) in [6, 6.07) is 4.84. The Labute approximate surface area is 131 Å². The van der Waals surface area contributed by atoms with Gasteiger partial charge in [0, 0.05) is 43.2 Å². The topological polar surface area (TPSA) is 75.5 Å². The van der Waals surface area contributed by atoms with E-state index >= 15 is 0 Å².